The fourth-order valence-corrected chi connectivity index (χ4v) is 3.25. The number of halogens is 5. The largest absolute Gasteiger partial charge is 0.417 e. The van der Waals surface area contributed by atoms with E-state index < -0.39 is 27.5 Å². The molecular weight excluding hydrogens is 386 g/mol. The van der Waals surface area contributed by atoms with Crippen LogP contribution >= 0.6 is 22.9 Å². The van der Waals surface area contributed by atoms with Gasteiger partial charge in [0.25, 0.3) is 0 Å². The monoisotopic (exact) mass is 389 g/mol. The third-order valence-corrected chi connectivity index (χ3v) is 4.36. The molecule has 2 heterocycles. The minimum absolute atomic E-state index is 0.0968. The highest BCUT2D eigenvalue weighted by molar-refractivity contribution is 7.16. The molecule has 25 heavy (non-hydrogen) atoms. The number of aromatic nitrogens is 2. The maximum Gasteiger partial charge on any atom is 0.417 e. The van der Waals surface area contributed by atoms with Gasteiger partial charge in [-0.15, -0.1) is 0 Å². The summed E-state index contributed by atoms with van der Waals surface area (Å²) in [5.74, 6) is -1.10. The SMILES string of the molecule is O=C=Nc1cc2c(cc1F)sc(=O)n2-c1ncc(C(F)(F)F)cc1Cl. The van der Waals surface area contributed by atoms with Crippen LogP contribution in [0.5, 0.6) is 0 Å². The summed E-state index contributed by atoms with van der Waals surface area (Å²) < 4.78 is 53.0. The van der Waals surface area contributed by atoms with Crippen molar-refractivity contribution in [2.45, 2.75) is 6.18 Å². The van der Waals surface area contributed by atoms with E-state index >= 15 is 0 Å². The molecular formula is C14H4ClF4N3O2S. The molecule has 11 heteroatoms. The summed E-state index contributed by atoms with van der Waals surface area (Å²) in [5.41, 5.74) is -1.36. The number of hydrogen-bond acceptors (Lipinski definition) is 5. The number of pyridine rings is 1. The lowest BCUT2D eigenvalue weighted by Gasteiger charge is -2.10. The zero-order valence-corrected chi connectivity index (χ0v) is 13.3. The molecule has 0 unspecified atom stereocenters. The van der Waals surface area contributed by atoms with Crippen LogP contribution in [0.25, 0.3) is 16.0 Å². The summed E-state index contributed by atoms with van der Waals surface area (Å²) in [7, 11) is 0. The molecule has 5 nitrogen and oxygen atoms in total. The van der Waals surface area contributed by atoms with Crippen LogP contribution in [0.3, 0.4) is 0 Å². The van der Waals surface area contributed by atoms with E-state index in [1.54, 1.807) is 0 Å². The van der Waals surface area contributed by atoms with E-state index in [0.29, 0.717) is 23.6 Å². The third kappa shape index (κ3) is 3.07. The van der Waals surface area contributed by atoms with Crippen LogP contribution in [-0.2, 0) is 11.0 Å². The molecule has 0 aliphatic heterocycles. The first-order valence-corrected chi connectivity index (χ1v) is 7.58. The highest BCUT2D eigenvalue weighted by atomic mass is 35.5. The summed E-state index contributed by atoms with van der Waals surface area (Å²) >= 11 is 6.49. The first-order valence-electron chi connectivity index (χ1n) is 6.38. The topological polar surface area (TPSA) is 64.3 Å². The summed E-state index contributed by atoms with van der Waals surface area (Å²) in [6.07, 6.45) is -2.94. The van der Waals surface area contributed by atoms with E-state index in [4.69, 9.17) is 11.6 Å². The smallest absolute Gasteiger partial charge is 0.256 e. The fourth-order valence-electron chi connectivity index (χ4n) is 2.11. The lowest BCUT2D eigenvalue weighted by Crippen LogP contribution is -2.14. The van der Waals surface area contributed by atoms with E-state index in [1.807, 2.05) is 0 Å². The van der Waals surface area contributed by atoms with Gasteiger partial charge in [0.2, 0.25) is 6.08 Å². The van der Waals surface area contributed by atoms with E-state index in [1.165, 1.54) is 6.08 Å². The van der Waals surface area contributed by atoms with Crippen molar-refractivity contribution in [3.05, 3.63) is 50.5 Å². The van der Waals surface area contributed by atoms with Crippen LogP contribution < -0.4 is 4.87 Å². The molecule has 0 aliphatic rings. The number of nitrogens with zero attached hydrogens (tertiary/aromatic N) is 3. The molecule has 2 aromatic heterocycles. The third-order valence-electron chi connectivity index (χ3n) is 3.18. The van der Waals surface area contributed by atoms with Gasteiger partial charge in [0, 0.05) is 6.20 Å². The highest BCUT2D eigenvalue weighted by Crippen LogP contribution is 2.33. The van der Waals surface area contributed by atoms with Crippen molar-refractivity contribution in [2.75, 3.05) is 0 Å². The number of benzene rings is 1. The van der Waals surface area contributed by atoms with Crippen LogP contribution in [0.15, 0.2) is 34.2 Å². The molecule has 1 aromatic carbocycles. The number of aliphatic imine (C=N–C) groups is 1. The number of fused-ring (bicyclic) bond motifs is 1. The summed E-state index contributed by atoms with van der Waals surface area (Å²) in [4.78, 5) is 28.7. The van der Waals surface area contributed by atoms with Gasteiger partial charge in [-0.25, -0.2) is 18.7 Å². The van der Waals surface area contributed by atoms with Crippen molar-refractivity contribution in [2.24, 2.45) is 4.99 Å². The maximum atomic E-state index is 13.8. The molecule has 0 amide bonds. The van der Waals surface area contributed by atoms with Crippen LogP contribution in [0.4, 0.5) is 23.2 Å². The second-order valence-corrected chi connectivity index (χ2v) is 6.11. The maximum absolute atomic E-state index is 13.8. The van der Waals surface area contributed by atoms with Gasteiger partial charge in [0.1, 0.15) is 5.69 Å². The predicted molar refractivity (Wildman–Crippen MR) is 83.0 cm³/mol. The Morgan fingerprint density at radius 2 is 2.00 bits per heavy atom. The second-order valence-electron chi connectivity index (χ2n) is 4.70. The molecule has 0 spiro atoms. The number of rotatable bonds is 2. The van der Waals surface area contributed by atoms with Crippen molar-refractivity contribution in [1.29, 1.82) is 0 Å². The van der Waals surface area contributed by atoms with Gasteiger partial charge < -0.3 is 0 Å². The number of alkyl halides is 3. The van der Waals surface area contributed by atoms with Gasteiger partial charge in [0.05, 0.1) is 20.8 Å². The molecule has 3 aromatic rings. The number of thiazole rings is 1. The molecule has 0 saturated heterocycles. The van der Waals surface area contributed by atoms with E-state index in [0.717, 1.165) is 16.7 Å². The van der Waals surface area contributed by atoms with Crippen LogP contribution in [0.1, 0.15) is 5.56 Å². The van der Waals surface area contributed by atoms with Gasteiger partial charge in [-0.3, -0.25) is 4.79 Å². The summed E-state index contributed by atoms with van der Waals surface area (Å²) in [6.45, 7) is 0. The van der Waals surface area contributed by atoms with Gasteiger partial charge in [-0.05, 0) is 18.2 Å². The zero-order chi connectivity index (χ0) is 18.4. The normalized spacial score (nSPS) is 11.6. The Labute approximate surface area is 144 Å². The van der Waals surface area contributed by atoms with Gasteiger partial charge in [0.15, 0.2) is 11.6 Å². The minimum atomic E-state index is -4.65. The molecule has 0 saturated carbocycles. The Hall–Kier alpha value is -2.55. The molecule has 0 bridgehead atoms. The lowest BCUT2D eigenvalue weighted by molar-refractivity contribution is -0.137. The van der Waals surface area contributed by atoms with E-state index in [-0.39, 0.29) is 21.7 Å². The average molecular weight is 390 g/mol. The minimum Gasteiger partial charge on any atom is -0.256 e. The van der Waals surface area contributed by atoms with Gasteiger partial charge in [-0.1, -0.05) is 22.9 Å². The first-order chi connectivity index (χ1) is 11.7. The molecule has 0 atom stereocenters. The van der Waals surface area contributed by atoms with Crippen molar-refractivity contribution >= 4 is 44.9 Å². The van der Waals surface area contributed by atoms with Crippen LogP contribution in [-0.4, -0.2) is 15.6 Å². The van der Waals surface area contributed by atoms with Crippen LogP contribution in [0, 0.1) is 5.82 Å². The van der Waals surface area contributed by atoms with Crippen molar-refractivity contribution in [3.8, 4) is 5.82 Å². The second kappa shape index (κ2) is 6.07. The average Bonchev–Trinajstić information content (AvgIpc) is 2.82. The van der Waals surface area contributed by atoms with Gasteiger partial charge in [-0.2, -0.15) is 18.2 Å². The quantitative estimate of drug-likeness (QED) is 0.374. The first kappa shape index (κ1) is 17.3. The molecule has 0 aliphatic carbocycles. The Morgan fingerprint density at radius 3 is 2.60 bits per heavy atom. The fraction of sp³-hybridized carbons (Fsp3) is 0.0714. The Bertz CT molecular complexity index is 1100. The van der Waals surface area contributed by atoms with Crippen molar-refractivity contribution < 1.29 is 22.4 Å². The number of hydrogen-bond donors (Lipinski definition) is 0. The summed E-state index contributed by atoms with van der Waals surface area (Å²) in [6, 6.07) is 2.70. The number of carbonyl (C=O) groups excluding carboxylic acids is 1. The molecule has 3 rings (SSSR count). The molecule has 0 N–H and O–H groups in total. The molecule has 128 valence electrons. The Balaban J connectivity index is 2.29. The van der Waals surface area contributed by atoms with E-state index in [9.17, 15) is 27.2 Å². The highest BCUT2D eigenvalue weighted by Gasteiger charge is 2.32. The zero-order valence-electron chi connectivity index (χ0n) is 11.8. The lowest BCUT2D eigenvalue weighted by atomic mass is 10.2. The standard InChI is InChI=1S/C14H4ClF4N3O2S/c15-7-1-6(14(17,18)19)4-20-12(7)22-10-3-9(21-5-23)8(16)2-11(10)25-13(22)24/h1-4H. The van der Waals surface area contributed by atoms with Crippen LogP contribution in [0.2, 0.25) is 5.02 Å². The molecule has 0 radical (unpaired) electrons. The predicted octanol–water partition coefficient (Wildman–Crippen LogP) is 4.23. The summed E-state index contributed by atoms with van der Waals surface area (Å²) in [5, 5.41) is -0.415. The van der Waals surface area contributed by atoms with Crippen molar-refractivity contribution in [1.82, 2.24) is 9.55 Å². The van der Waals surface area contributed by atoms with Crippen molar-refractivity contribution in [3.63, 3.8) is 0 Å². The molecule has 0 fully saturated rings. The van der Waals surface area contributed by atoms with E-state index in [2.05, 4.69) is 9.98 Å². The number of isocyanates is 1. The Kier molecular flexibility index (Phi) is 4.19. The Morgan fingerprint density at radius 1 is 1.28 bits per heavy atom. The van der Waals surface area contributed by atoms with Gasteiger partial charge >= 0.3 is 11.0 Å².